The molecule has 2 aliphatic heterocycles. The highest BCUT2D eigenvalue weighted by Crippen LogP contribution is 2.38. The van der Waals surface area contributed by atoms with Gasteiger partial charge in [0.2, 0.25) is 5.91 Å². The Labute approximate surface area is 143 Å². The van der Waals surface area contributed by atoms with Gasteiger partial charge in [-0.05, 0) is 39.0 Å². The molecule has 1 aromatic heterocycles. The molecule has 1 amide bonds. The second-order valence-electron chi connectivity index (χ2n) is 8.17. The maximum atomic E-state index is 12.5. The van der Waals surface area contributed by atoms with Gasteiger partial charge in [0.1, 0.15) is 11.6 Å². The molecule has 0 radical (unpaired) electrons. The van der Waals surface area contributed by atoms with Crippen LogP contribution in [-0.4, -0.2) is 47.0 Å². The summed E-state index contributed by atoms with van der Waals surface area (Å²) in [6, 6.07) is 0. The van der Waals surface area contributed by atoms with Crippen molar-refractivity contribution >= 4 is 11.7 Å². The van der Waals surface area contributed by atoms with Gasteiger partial charge >= 0.3 is 0 Å². The number of fused-ring (bicyclic) bond motifs is 2. The molecule has 1 aromatic rings. The van der Waals surface area contributed by atoms with Crippen molar-refractivity contribution in [3.63, 3.8) is 0 Å². The van der Waals surface area contributed by atoms with E-state index in [0.717, 1.165) is 57.7 Å². The fraction of sp³-hybridized carbons (Fsp3) is 0.737. The summed E-state index contributed by atoms with van der Waals surface area (Å²) < 4.78 is 0. The van der Waals surface area contributed by atoms with E-state index < -0.39 is 0 Å². The fourth-order valence-electron chi connectivity index (χ4n) is 5.05. The van der Waals surface area contributed by atoms with Crippen LogP contribution in [0.2, 0.25) is 0 Å². The molecule has 2 aliphatic carbocycles. The molecule has 0 spiro atoms. The number of hydrogen-bond donors (Lipinski definition) is 0. The summed E-state index contributed by atoms with van der Waals surface area (Å²) in [5, 5.41) is 0. The summed E-state index contributed by atoms with van der Waals surface area (Å²) in [7, 11) is 0. The van der Waals surface area contributed by atoms with Crippen LogP contribution in [0.5, 0.6) is 0 Å². The van der Waals surface area contributed by atoms with Gasteiger partial charge < -0.3 is 9.80 Å². The van der Waals surface area contributed by atoms with Crippen molar-refractivity contribution in [2.45, 2.75) is 45.4 Å². The topological polar surface area (TPSA) is 49.3 Å². The van der Waals surface area contributed by atoms with E-state index in [1.807, 2.05) is 6.92 Å². The minimum absolute atomic E-state index is 0.340. The number of carbonyl (C=O) groups excluding carboxylic acids is 1. The lowest BCUT2D eigenvalue weighted by Gasteiger charge is -2.30. The number of nitrogens with zero attached hydrogens (tertiary/aromatic N) is 4. The van der Waals surface area contributed by atoms with Gasteiger partial charge in [-0.3, -0.25) is 4.79 Å². The summed E-state index contributed by atoms with van der Waals surface area (Å²) in [6.07, 6.45) is 6.92. The monoisotopic (exact) mass is 326 g/mol. The highest BCUT2D eigenvalue weighted by atomic mass is 16.2. The number of aromatic nitrogens is 2. The summed E-state index contributed by atoms with van der Waals surface area (Å²) in [4.78, 5) is 26.6. The molecule has 3 heterocycles. The Morgan fingerprint density at radius 1 is 1.00 bits per heavy atom. The lowest BCUT2D eigenvalue weighted by atomic mass is 9.84. The third kappa shape index (κ3) is 2.24. The second kappa shape index (κ2) is 5.43. The van der Waals surface area contributed by atoms with Gasteiger partial charge in [0, 0.05) is 55.2 Å². The smallest absolute Gasteiger partial charge is 0.225 e. The third-order valence-corrected chi connectivity index (χ3v) is 6.57. The first kappa shape index (κ1) is 14.7. The Morgan fingerprint density at radius 3 is 2.42 bits per heavy atom. The van der Waals surface area contributed by atoms with Crippen LogP contribution in [-0.2, 0) is 17.6 Å². The van der Waals surface area contributed by atoms with E-state index in [9.17, 15) is 4.79 Å². The molecule has 128 valence electrons. The normalized spacial score (nSPS) is 28.9. The van der Waals surface area contributed by atoms with Gasteiger partial charge in [0.15, 0.2) is 0 Å². The van der Waals surface area contributed by atoms with E-state index in [2.05, 4.69) is 14.8 Å². The molecule has 3 fully saturated rings. The van der Waals surface area contributed by atoms with Crippen molar-refractivity contribution in [3.8, 4) is 0 Å². The number of likely N-dealkylation sites (tertiary alicyclic amines) is 1. The number of anilines is 1. The minimum atomic E-state index is 0.340. The lowest BCUT2D eigenvalue weighted by molar-refractivity contribution is -0.137. The van der Waals surface area contributed by atoms with E-state index in [0.29, 0.717) is 23.7 Å². The summed E-state index contributed by atoms with van der Waals surface area (Å²) in [5.41, 5.74) is 2.67. The van der Waals surface area contributed by atoms with Crippen LogP contribution in [0.4, 0.5) is 5.82 Å². The van der Waals surface area contributed by atoms with Crippen LogP contribution in [0.15, 0.2) is 0 Å². The van der Waals surface area contributed by atoms with Gasteiger partial charge in [-0.25, -0.2) is 9.97 Å². The highest BCUT2D eigenvalue weighted by Gasteiger charge is 2.44. The Balaban J connectivity index is 1.31. The molecular formula is C19H26N4O. The zero-order chi connectivity index (χ0) is 16.3. The Kier molecular flexibility index (Phi) is 3.32. The molecule has 0 aromatic carbocycles. The van der Waals surface area contributed by atoms with Crippen LogP contribution in [0.25, 0.3) is 0 Å². The maximum absolute atomic E-state index is 12.5. The van der Waals surface area contributed by atoms with Crippen LogP contribution >= 0.6 is 0 Å². The largest absolute Gasteiger partial charge is 0.356 e. The first-order valence-corrected chi connectivity index (χ1v) is 9.59. The Hall–Kier alpha value is -1.65. The van der Waals surface area contributed by atoms with Gasteiger partial charge in [0.25, 0.3) is 0 Å². The van der Waals surface area contributed by atoms with Crippen LogP contribution in [0.1, 0.15) is 42.8 Å². The number of rotatable bonds is 2. The number of amides is 1. The zero-order valence-corrected chi connectivity index (χ0v) is 14.5. The SMILES string of the molecule is Cc1nc2c(c(N3CC4CN(C(=O)C5CCC5)CC4C3)n1)CCC2. The molecule has 0 bridgehead atoms. The zero-order valence-electron chi connectivity index (χ0n) is 14.5. The van der Waals surface area contributed by atoms with Crippen molar-refractivity contribution in [3.05, 3.63) is 17.1 Å². The Morgan fingerprint density at radius 2 is 1.75 bits per heavy atom. The van der Waals surface area contributed by atoms with Crippen LogP contribution in [0.3, 0.4) is 0 Å². The van der Waals surface area contributed by atoms with Crippen molar-refractivity contribution in [2.75, 3.05) is 31.1 Å². The van der Waals surface area contributed by atoms with E-state index in [4.69, 9.17) is 4.98 Å². The molecule has 24 heavy (non-hydrogen) atoms. The van der Waals surface area contributed by atoms with Gasteiger partial charge in [0.05, 0.1) is 0 Å². The average Bonchev–Trinajstić information content (AvgIpc) is 3.17. The molecule has 2 atom stereocenters. The molecular weight excluding hydrogens is 300 g/mol. The molecule has 5 nitrogen and oxygen atoms in total. The van der Waals surface area contributed by atoms with Gasteiger partial charge in [-0.1, -0.05) is 6.42 Å². The Bertz CT molecular complexity index is 670. The number of carbonyl (C=O) groups is 1. The summed E-state index contributed by atoms with van der Waals surface area (Å²) in [6.45, 7) is 6.05. The quantitative estimate of drug-likeness (QED) is 0.834. The third-order valence-electron chi connectivity index (χ3n) is 6.57. The van der Waals surface area contributed by atoms with Gasteiger partial charge in [-0.2, -0.15) is 0 Å². The number of hydrogen-bond acceptors (Lipinski definition) is 4. The van der Waals surface area contributed by atoms with Crippen LogP contribution in [0, 0.1) is 24.7 Å². The predicted octanol–water partition coefficient (Wildman–Crippen LogP) is 1.97. The molecule has 2 unspecified atom stereocenters. The molecule has 0 N–H and O–H groups in total. The number of aryl methyl sites for hydroxylation is 2. The standard InChI is InChI=1S/C19H26N4O/c1-12-20-17-7-3-6-16(17)18(21-12)22-8-14-10-23(11-15(14)9-22)19(24)13-4-2-5-13/h13-15H,2-11H2,1H3. The molecule has 1 saturated carbocycles. The van der Waals surface area contributed by atoms with E-state index >= 15 is 0 Å². The molecule has 5 rings (SSSR count). The first-order chi connectivity index (χ1) is 11.7. The maximum Gasteiger partial charge on any atom is 0.225 e. The second-order valence-corrected chi connectivity index (χ2v) is 8.17. The fourth-order valence-corrected chi connectivity index (χ4v) is 5.05. The van der Waals surface area contributed by atoms with Crippen molar-refractivity contribution in [1.82, 2.24) is 14.9 Å². The average molecular weight is 326 g/mol. The molecule has 5 heteroatoms. The molecule has 2 saturated heterocycles. The highest BCUT2D eigenvalue weighted by molar-refractivity contribution is 5.80. The molecule has 4 aliphatic rings. The van der Waals surface area contributed by atoms with Gasteiger partial charge in [-0.15, -0.1) is 0 Å². The van der Waals surface area contributed by atoms with Crippen molar-refractivity contribution in [1.29, 1.82) is 0 Å². The van der Waals surface area contributed by atoms with Crippen molar-refractivity contribution < 1.29 is 4.79 Å². The summed E-state index contributed by atoms with van der Waals surface area (Å²) in [5.74, 6) is 4.13. The lowest BCUT2D eigenvalue weighted by Crippen LogP contribution is -2.39. The van der Waals surface area contributed by atoms with E-state index in [1.165, 1.54) is 29.9 Å². The minimum Gasteiger partial charge on any atom is -0.356 e. The van der Waals surface area contributed by atoms with Crippen molar-refractivity contribution in [2.24, 2.45) is 17.8 Å². The summed E-state index contributed by atoms with van der Waals surface area (Å²) >= 11 is 0. The van der Waals surface area contributed by atoms with E-state index in [1.54, 1.807) is 0 Å². The first-order valence-electron chi connectivity index (χ1n) is 9.59. The predicted molar refractivity (Wildman–Crippen MR) is 91.9 cm³/mol. The van der Waals surface area contributed by atoms with Crippen LogP contribution < -0.4 is 4.90 Å². The van der Waals surface area contributed by atoms with E-state index in [-0.39, 0.29) is 0 Å².